The maximum Gasteiger partial charge on any atom is 0.133 e. The van der Waals surface area contributed by atoms with Crippen LogP contribution in [0.4, 0.5) is 0 Å². The summed E-state index contributed by atoms with van der Waals surface area (Å²) in [4.78, 5) is 11.7. The highest BCUT2D eigenvalue weighted by molar-refractivity contribution is 5.79. The lowest BCUT2D eigenvalue weighted by Crippen LogP contribution is -2.25. The van der Waals surface area contributed by atoms with Crippen molar-refractivity contribution in [3.8, 4) is 0 Å². The third kappa shape index (κ3) is 4.19. The number of carbonyl (C=O) groups excluding carboxylic acids is 1. The molecule has 2 unspecified atom stereocenters. The fourth-order valence-electron chi connectivity index (χ4n) is 3.69. The van der Waals surface area contributed by atoms with Crippen LogP contribution in [-0.2, 0) is 4.79 Å². The van der Waals surface area contributed by atoms with Gasteiger partial charge in [-0.1, -0.05) is 50.6 Å². The molecule has 0 aliphatic heterocycles. The van der Waals surface area contributed by atoms with Crippen LogP contribution in [0.25, 0.3) is 0 Å². The van der Waals surface area contributed by atoms with Gasteiger partial charge in [0.15, 0.2) is 0 Å². The molecule has 110 valence electrons. The van der Waals surface area contributed by atoms with E-state index in [4.69, 9.17) is 0 Å². The summed E-state index contributed by atoms with van der Waals surface area (Å²) in [7, 11) is 0. The first kappa shape index (κ1) is 15.3. The predicted octanol–water partition coefficient (Wildman–Crippen LogP) is 5.50. The summed E-state index contributed by atoms with van der Waals surface area (Å²) in [6.07, 6.45) is 8.89. The minimum absolute atomic E-state index is 0.282. The zero-order chi connectivity index (χ0) is 14.4. The lowest BCUT2D eigenvalue weighted by atomic mass is 9.71. The van der Waals surface area contributed by atoms with E-state index >= 15 is 0 Å². The first-order valence-electron chi connectivity index (χ1n) is 8.19. The lowest BCUT2D eigenvalue weighted by molar-refractivity contribution is -0.123. The van der Waals surface area contributed by atoms with Crippen LogP contribution in [0.2, 0.25) is 0 Å². The Morgan fingerprint density at radius 3 is 2.65 bits per heavy atom. The minimum atomic E-state index is 0.282. The summed E-state index contributed by atoms with van der Waals surface area (Å²) in [5, 5.41) is 0. The first-order chi connectivity index (χ1) is 9.63. The van der Waals surface area contributed by atoms with E-state index in [2.05, 4.69) is 44.2 Å². The van der Waals surface area contributed by atoms with E-state index < -0.39 is 0 Å². The minimum Gasteiger partial charge on any atom is -0.300 e. The number of benzene rings is 1. The quantitative estimate of drug-likeness (QED) is 0.668. The maximum atomic E-state index is 11.7. The molecule has 1 aliphatic rings. The Kier molecular flexibility index (Phi) is 5.39. The van der Waals surface area contributed by atoms with Crippen molar-refractivity contribution in [3.63, 3.8) is 0 Å². The van der Waals surface area contributed by atoms with Crippen LogP contribution in [0.1, 0.15) is 76.7 Å². The molecule has 0 aromatic heterocycles. The Morgan fingerprint density at radius 2 is 2.00 bits per heavy atom. The summed E-state index contributed by atoms with van der Waals surface area (Å²) in [6.45, 7) is 4.59. The average Bonchev–Trinajstić information content (AvgIpc) is 2.44. The molecule has 2 rings (SSSR count). The van der Waals surface area contributed by atoms with Crippen LogP contribution in [0.5, 0.6) is 0 Å². The normalized spacial score (nSPS) is 24.6. The molecule has 0 N–H and O–H groups in total. The van der Waals surface area contributed by atoms with Gasteiger partial charge >= 0.3 is 0 Å². The van der Waals surface area contributed by atoms with Crippen LogP contribution in [-0.4, -0.2) is 5.78 Å². The van der Waals surface area contributed by atoms with Gasteiger partial charge in [0.1, 0.15) is 5.78 Å². The molecule has 1 aromatic rings. The highest BCUT2D eigenvalue weighted by Gasteiger charge is 2.30. The molecule has 0 amide bonds. The molecular formula is C19H28O. The Bertz CT molecular complexity index is 423. The smallest absolute Gasteiger partial charge is 0.133 e. The molecule has 1 saturated carbocycles. The Balaban J connectivity index is 1.83. The van der Waals surface area contributed by atoms with Crippen LogP contribution in [0, 0.1) is 5.41 Å². The highest BCUT2D eigenvalue weighted by atomic mass is 16.1. The highest BCUT2D eigenvalue weighted by Crippen LogP contribution is 2.39. The number of carbonyl (C=O) groups is 1. The Hall–Kier alpha value is -1.11. The molecule has 1 heteroatoms. The third-order valence-electron chi connectivity index (χ3n) is 4.96. The molecule has 1 aliphatic carbocycles. The lowest BCUT2D eigenvalue weighted by Gasteiger charge is -2.33. The molecule has 1 nitrogen and oxygen atoms in total. The van der Waals surface area contributed by atoms with Crippen molar-refractivity contribution < 1.29 is 4.79 Å². The summed E-state index contributed by atoms with van der Waals surface area (Å²) in [5.41, 5.74) is 1.75. The van der Waals surface area contributed by atoms with E-state index in [1.807, 2.05) is 0 Å². The van der Waals surface area contributed by atoms with Gasteiger partial charge in [-0.2, -0.15) is 0 Å². The third-order valence-corrected chi connectivity index (χ3v) is 4.96. The van der Waals surface area contributed by atoms with Crippen LogP contribution in [0.3, 0.4) is 0 Å². The van der Waals surface area contributed by atoms with E-state index in [1.165, 1.54) is 37.7 Å². The fraction of sp³-hybridized carbons (Fsp3) is 0.632. The zero-order valence-electron chi connectivity index (χ0n) is 13.0. The second-order valence-electron chi connectivity index (χ2n) is 6.79. The van der Waals surface area contributed by atoms with Gasteiger partial charge in [0, 0.05) is 12.8 Å². The molecule has 20 heavy (non-hydrogen) atoms. The van der Waals surface area contributed by atoms with Crippen LogP contribution < -0.4 is 0 Å². The van der Waals surface area contributed by atoms with E-state index in [-0.39, 0.29) is 5.41 Å². The standard InChI is InChI=1S/C19H28O/c1-3-16(17-9-5-4-6-10-17)11-7-13-19(2)14-8-12-18(20)15-19/h4-6,9-10,16H,3,7-8,11-15H2,1-2H3. The van der Waals surface area contributed by atoms with Crippen molar-refractivity contribution >= 4 is 5.78 Å². The predicted molar refractivity (Wildman–Crippen MR) is 84.9 cm³/mol. The van der Waals surface area contributed by atoms with Crippen molar-refractivity contribution in [3.05, 3.63) is 35.9 Å². The Morgan fingerprint density at radius 1 is 1.25 bits per heavy atom. The molecule has 1 fully saturated rings. The first-order valence-corrected chi connectivity index (χ1v) is 8.19. The molecule has 1 aromatic carbocycles. The summed E-state index contributed by atoms with van der Waals surface area (Å²) < 4.78 is 0. The molecule has 0 heterocycles. The van der Waals surface area contributed by atoms with Crippen molar-refractivity contribution in [1.29, 1.82) is 0 Å². The number of Topliss-reactive ketones (excluding diaryl/α,β-unsaturated/α-hetero) is 1. The number of rotatable bonds is 6. The molecule has 0 spiro atoms. The monoisotopic (exact) mass is 272 g/mol. The van der Waals surface area contributed by atoms with E-state index in [1.54, 1.807) is 0 Å². The van der Waals surface area contributed by atoms with E-state index in [0.717, 1.165) is 19.3 Å². The Labute approximate surface area is 123 Å². The zero-order valence-corrected chi connectivity index (χ0v) is 13.0. The van der Waals surface area contributed by atoms with Gasteiger partial charge in [0.05, 0.1) is 0 Å². The molecule has 0 bridgehead atoms. The average molecular weight is 272 g/mol. The summed E-state index contributed by atoms with van der Waals surface area (Å²) >= 11 is 0. The fourth-order valence-corrected chi connectivity index (χ4v) is 3.69. The van der Waals surface area contributed by atoms with Gasteiger partial charge in [0.25, 0.3) is 0 Å². The SMILES string of the molecule is CCC(CCCC1(C)CCCC(=O)C1)c1ccccc1. The largest absolute Gasteiger partial charge is 0.300 e. The van der Waals surface area contributed by atoms with Gasteiger partial charge in [0.2, 0.25) is 0 Å². The molecule has 0 radical (unpaired) electrons. The van der Waals surface area contributed by atoms with Gasteiger partial charge < -0.3 is 0 Å². The molecule has 0 saturated heterocycles. The van der Waals surface area contributed by atoms with E-state index in [9.17, 15) is 4.79 Å². The van der Waals surface area contributed by atoms with Gasteiger partial charge in [-0.15, -0.1) is 0 Å². The number of ketones is 1. The van der Waals surface area contributed by atoms with Crippen LogP contribution >= 0.6 is 0 Å². The second-order valence-corrected chi connectivity index (χ2v) is 6.79. The number of hydrogen-bond acceptors (Lipinski definition) is 1. The summed E-state index contributed by atoms with van der Waals surface area (Å²) in [5.74, 6) is 1.16. The van der Waals surface area contributed by atoms with E-state index in [0.29, 0.717) is 11.7 Å². The molecule has 2 atom stereocenters. The number of hydrogen-bond donors (Lipinski definition) is 0. The van der Waals surface area contributed by atoms with Crippen molar-refractivity contribution in [2.24, 2.45) is 5.41 Å². The van der Waals surface area contributed by atoms with Crippen molar-refractivity contribution in [2.45, 2.75) is 71.1 Å². The van der Waals surface area contributed by atoms with Crippen molar-refractivity contribution in [1.82, 2.24) is 0 Å². The van der Waals surface area contributed by atoms with Crippen molar-refractivity contribution in [2.75, 3.05) is 0 Å². The summed E-state index contributed by atoms with van der Waals surface area (Å²) in [6, 6.07) is 10.9. The van der Waals surface area contributed by atoms with Gasteiger partial charge in [-0.3, -0.25) is 4.79 Å². The second kappa shape index (κ2) is 7.06. The molecular weight excluding hydrogens is 244 g/mol. The van der Waals surface area contributed by atoms with Gasteiger partial charge in [-0.05, 0) is 49.0 Å². The maximum absolute atomic E-state index is 11.7. The topological polar surface area (TPSA) is 17.1 Å². The van der Waals surface area contributed by atoms with Gasteiger partial charge in [-0.25, -0.2) is 0 Å². The van der Waals surface area contributed by atoms with Crippen LogP contribution in [0.15, 0.2) is 30.3 Å².